The SMILES string of the molecule is CN=C(NCC1CC(=O)Nc2ccccc21)NCC1(SC)CCOCC1.I. The Labute approximate surface area is 182 Å². The van der Waals surface area contributed by atoms with Gasteiger partial charge in [0, 0.05) is 56.1 Å². The molecule has 2 aliphatic rings. The first kappa shape index (κ1) is 22.3. The fourth-order valence-corrected chi connectivity index (χ4v) is 4.36. The second-order valence-corrected chi connectivity index (χ2v) is 8.12. The summed E-state index contributed by atoms with van der Waals surface area (Å²) in [5.74, 6) is 1.01. The molecule has 0 radical (unpaired) electrons. The maximum Gasteiger partial charge on any atom is 0.225 e. The van der Waals surface area contributed by atoms with Crippen LogP contribution in [0.3, 0.4) is 0 Å². The molecule has 1 aromatic carbocycles. The molecule has 2 heterocycles. The molecule has 3 rings (SSSR count). The molecule has 0 aromatic heterocycles. The number of ether oxygens (including phenoxy) is 1. The van der Waals surface area contributed by atoms with Crippen molar-refractivity contribution < 1.29 is 9.53 Å². The lowest BCUT2D eigenvalue weighted by atomic mass is 9.90. The van der Waals surface area contributed by atoms with E-state index in [0.29, 0.717) is 13.0 Å². The number of carbonyl (C=O) groups excluding carboxylic acids is 1. The van der Waals surface area contributed by atoms with Crippen molar-refractivity contribution in [1.82, 2.24) is 10.6 Å². The molecule has 0 bridgehead atoms. The van der Waals surface area contributed by atoms with Crippen molar-refractivity contribution in [3.8, 4) is 0 Å². The summed E-state index contributed by atoms with van der Waals surface area (Å²) in [4.78, 5) is 16.3. The highest BCUT2D eigenvalue weighted by molar-refractivity contribution is 14.0. The molecule has 1 atom stereocenters. The van der Waals surface area contributed by atoms with E-state index in [2.05, 4.69) is 33.3 Å². The van der Waals surface area contributed by atoms with Crippen LogP contribution in [0.15, 0.2) is 29.3 Å². The third-order valence-electron chi connectivity index (χ3n) is 5.26. The maximum absolute atomic E-state index is 12.0. The number of halogens is 1. The van der Waals surface area contributed by atoms with Gasteiger partial charge >= 0.3 is 0 Å². The number of hydrogen-bond acceptors (Lipinski definition) is 4. The topological polar surface area (TPSA) is 74.8 Å². The Kier molecular flexibility index (Phi) is 8.68. The molecule has 1 saturated heterocycles. The van der Waals surface area contributed by atoms with Crippen LogP contribution in [-0.2, 0) is 9.53 Å². The minimum Gasteiger partial charge on any atom is -0.381 e. The average Bonchev–Trinajstić information content (AvgIpc) is 2.68. The van der Waals surface area contributed by atoms with Crippen molar-refractivity contribution in [2.24, 2.45) is 4.99 Å². The van der Waals surface area contributed by atoms with Gasteiger partial charge in [0.2, 0.25) is 5.91 Å². The van der Waals surface area contributed by atoms with Gasteiger partial charge < -0.3 is 20.7 Å². The van der Waals surface area contributed by atoms with Crippen molar-refractivity contribution >= 4 is 53.3 Å². The first-order valence-corrected chi connectivity index (χ1v) is 10.3. The molecule has 1 amide bonds. The Morgan fingerprint density at radius 2 is 2.07 bits per heavy atom. The zero-order valence-corrected chi connectivity index (χ0v) is 19.1. The van der Waals surface area contributed by atoms with Crippen LogP contribution in [0.2, 0.25) is 0 Å². The first-order chi connectivity index (χ1) is 12.7. The molecule has 3 N–H and O–H groups in total. The number of para-hydroxylation sites is 1. The Morgan fingerprint density at radius 1 is 1.33 bits per heavy atom. The van der Waals surface area contributed by atoms with E-state index in [-0.39, 0.29) is 40.5 Å². The fraction of sp³-hybridized carbons (Fsp3) is 0.579. The largest absolute Gasteiger partial charge is 0.381 e. The fourth-order valence-electron chi connectivity index (χ4n) is 3.57. The maximum atomic E-state index is 12.0. The van der Waals surface area contributed by atoms with Gasteiger partial charge in [-0.15, -0.1) is 24.0 Å². The van der Waals surface area contributed by atoms with Gasteiger partial charge in [-0.2, -0.15) is 11.8 Å². The van der Waals surface area contributed by atoms with Crippen molar-refractivity contribution in [2.75, 3.05) is 44.9 Å². The van der Waals surface area contributed by atoms with E-state index in [9.17, 15) is 4.79 Å². The van der Waals surface area contributed by atoms with Gasteiger partial charge in [-0.1, -0.05) is 18.2 Å². The molecule has 0 spiro atoms. The first-order valence-electron chi connectivity index (χ1n) is 9.12. The molecule has 6 nitrogen and oxygen atoms in total. The van der Waals surface area contributed by atoms with E-state index < -0.39 is 0 Å². The summed E-state index contributed by atoms with van der Waals surface area (Å²) in [6.45, 7) is 3.18. The molecule has 1 fully saturated rings. The Hall–Kier alpha value is -1.000. The summed E-state index contributed by atoms with van der Waals surface area (Å²) < 4.78 is 5.71. The summed E-state index contributed by atoms with van der Waals surface area (Å²) >= 11 is 1.90. The monoisotopic (exact) mass is 504 g/mol. The van der Waals surface area contributed by atoms with Crippen LogP contribution in [0.25, 0.3) is 0 Å². The predicted octanol–water partition coefficient (Wildman–Crippen LogP) is 2.81. The minimum absolute atomic E-state index is 0. The highest BCUT2D eigenvalue weighted by Gasteiger charge is 2.32. The number of thioether (sulfide) groups is 1. The van der Waals surface area contributed by atoms with Crippen LogP contribution < -0.4 is 16.0 Å². The van der Waals surface area contributed by atoms with Crippen molar-refractivity contribution in [3.05, 3.63) is 29.8 Å². The van der Waals surface area contributed by atoms with Gasteiger partial charge in [0.05, 0.1) is 0 Å². The number of hydrogen-bond donors (Lipinski definition) is 3. The number of benzene rings is 1. The van der Waals surface area contributed by atoms with Gasteiger partial charge in [0.15, 0.2) is 5.96 Å². The summed E-state index contributed by atoms with van der Waals surface area (Å²) in [7, 11) is 1.78. The number of amides is 1. The van der Waals surface area contributed by atoms with Crippen molar-refractivity contribution in [3.63, 3.8) is 0 Å². The van der Waals surface area contributed by atoms with Crippen LogP contribution in [0.5, 0.6) is 0 Å². The second-order valence-electron chi connectivity index (χ2n) is 6.84. The molecule has 27 heavy (non-hydrogen) atoms. The number of carbonyl (C=O) groups is 1. The van der Waals surface area contributed by atoms with Crippen LogP contribution in [-0.4, -0.2) is 56.2 Å². The highest BCUT2D eigenvalue weighted by Crippen LogP contribution is 2.33. The number of nitrogens with one attached hydrogen (secondary N) is 3. The van der Waals surface area contributed by atoms with Gasteiger partial charge in [0.25, 0.3) is 0 Å². The number of rotatable bonds is 5. The molecule has 0 saturated carbocycles. The number of anilines is 1. The number of guanidine groups is 1. The zero-order chi connectivity index (χ0) is 18.4. The molecular weight excluding hydrogens is 475 g/mol. The molecule has 0 aliphatic carbocycles. The molecule has 8 heteroatoms. The van der Waals surface area contributed by atoms with Crippen molar-refractivity contribution in [2.45, 2.75) is 29.9 Å². The summed E-state index contributed by atoms with van der Waals surface area (Å²) in [5, 5.41) is 9.81. The minimum atomic E-state index is 0. The predicted molar refractivity (Wildman–Crippen MR) is 124 cm³/mol. The van der Waals surface area contributed by atoms with Crippen LogP contribution in [0, 0.1) is 0 Å². The summed E-state index contributed by atoms with van der Waals surface area (Å²) in [5.41, 5.74) is 2.10. The Morgan fingerprint density at radius 3 is 2.78 bits per heavy atom. The molecule has 2 aliphatic heterocycles. The van der Waals surface area contributed by atoms with Gasteiger partial charge in [-0.05, 0) is 30.7 Å². The summed E-state index contributed by atoms with van der Waals surface area (Å²) in [6.07, 6.45) is 4.76. The Bertz CT molecular complexity index is 665. The van der Waals surface area contributed by atoms with Crippen LogP contribution >= 0.6 is 35.7 Å². The lowest BCUT2D eigenvalue weighted by Crippen LogP contribution is -2.48. The third kappa shape index (κ3) is 5.74. The van der Waals surface area contributed by atoms with E-state index in [0.717, 1.165) is 44.2 Å². The summed E-state index contributed by atoms with van der Waals surface area (Å²) in [6, 6.07) is 8.01. The second kappa shape index (κ2) is 10.5. The van der Waals surface area contributed by atoms with Gasteiger partial charge in [-0.25, -0.2) is 0 Å². The van der Waals surface area contributed by atoms with Gasteiger partial charge in [-0.3, -0.25) is 9.79 Å². The molecule has 1 aromatic rings. The van der Waals surface area contributed by atoms with Crippen LogP contribution in [0.1, 0.15) is 30.7 Å². The molecule has 150 valence electrons. The normalized spacial score (nSPS) is 21.5. The standard InChI is InChI=1S/C19H28N4O2S.HI/c1-20-18(22-13-19(26-2)7-9-25-10-8-19)21-12-14-11-17(24)23-16-6-4-3-5-15(14)16;/h3-6,14H,7-13H2,1-2H3,(H,23,24)(H2,20,21,22);1H. The highest BCUT2D eigenvalue weighted by atomic mass is 127. The average molecular weight is 504 g/mol. The Balaban J connectivity index is 0.00000261. The van der Waals surface area contributed by atoms with E-state index in [1.54, 1.807) is 7.05 Å². The van der Waals surface area contributed by atoms with E-state index in [1.807, 2.05) is 30.0 Å². The van der Waals surface area contributed by atoms with Crippen LogP contribution in [0.4, 0.5) is 5.69 Å². The van der Waals surface area contributed by atoms with Crippen molar-refractivity contribution in [1.29, 1.82) is 0 Å². The lowest BCUT2D eigenvalue weighted by Gasteiger charge is -2.36. The number of fused-ring (bicyclic) bond motifs is 1. The molecule has 1 unspecified atom stereocenters. The smallest absolute Gasteiger partial charge is 0.225 e. The quantitative estimate of drug-likeness (QED) is 0.327. The third-order valence-corrected chi connectivity index (χ3v) is 6.68. The van der Waals surface area contributed by atoms with E-state index >= 15 is 0 Å². The number of nitrogens with zero attached hydrogens (tertiary/aromatic N) is 1. The van der Waals surface area contributed by atoms with E-state index in [1.165, 1.54) is 5.56 Å². The molecular formula is C19H29IN4O2S. The lowest BCUT2D eigenvalue weighted by molar-refractivity contribution is -0.116. The van der Waals surface area contributed by atoms with E-state index in [4.69, 9.17) is 4.74 Å². The van der Waals surface area contributed by atoms with Gasteiger partial charge in [0.1, 0.15) is 0 Å². The zero-order valence-electron chi connectivity index (χ0n) is 15.9. The number of aliphatic imine (C=N–C) groups is 1.